The number of hydrogen-bond acceptors (Lipinski definition) is 8. The summed E-state index contributed by atoms with van der Waals surface area (Å²) in [6.07, 6.45) is 0. The number of hydrogen-bond donors (Lipinski definition) is 0. The van der Waals surface area contributed by atoms with Gasteiger partial charge in [0.25, 0.3) is 0 Å². The standard InChI is InChI=1S/C32H36O8Si/c1-33-21-9-22(34-2)14-29(13-21)41(30-15-23(35-3)10-24(16-30)36-4,31-17-25(37-5)11-26(18-31)38-6)32-19-27(39-7)12-28(20-32)40-8/h9-20H,1-8H3. The molecule has 4 rings (SSSR count). The minimum atomic E-state index is -3.32. The van der Waals surface area contributed by atoms with Crippen molar-refractivity contribution in [2.75, 3.05) is 56.9 Å². The predicted molar refractivity (Wildman–Crippen MR) is 162 cm³/mol. The zero-order chi connectivity index (χ0) is 29.6. The maximum absolute atomic E-state index is 5.76. The first-order valence-electron chi connectivity index (χ1n) is 12.8. The van der Waals surface area contributed by atoms with E-state index in [1.54, 1.807) is 56.9 Å². The lowest BCUT2D eigenvalue weighted by Gasteiger charge is -2.36. The zero-order valence-corrected chi connectivity index (χ0v) is 25.7. The van der Waals surface area contributed by atoms with Gasteiger partial charge in [-0.2, -0.15) is 0 Å². The maximum atomic E-state index is 5.76. The first-order chi connectivity index (χ1) is 19.9. The SMILES string of the molecule is COc1cc(OC)cc([Si](c2cc(OC)cc(OC)c2)(c2cc(OC)cc(OC)c2)c2cc(OC)cc(OC)c2)c1. The second kappa shape index (κ2) is 12.8. The maximum Gasteiger partial charge on any atom is 0.180 e. The highest BCUT2D eigenvalue weighted by atomic mass is 28.3. The molecule has 0 saturated heterocycles. The van der Waals surface area contributed by atoms with Crippen molar-refractivity contribution in [3.63, 3.8) is 0 Å². The number of methoxy groups -OCH3 is 8. The summed E-state index contributed by atoms with van der Waals surface area (Å²) >= 11 is 0. The first-order valence-corrected chi connectivity index (χ1v) is 14.8. The molecule has 0 bridgehead atoms. The van der Waals surface area contributed by atoms with E-state index in [1.165, 1.54) is 0 Å². The van der Waals surface area contributed by atoms with Crippen LogP contribution < -0.4 is 58.6 Å². The van der Waals surface area contributed by atoms with Crippen molar-refractivity contribution >= 4 is 28.8 Å². The third-order valence-electron chi connectivity index (χ3n) is 7.14. The highest BCUT2D eigenvalue weighted by molar-refractivity contribution is 7.20. The van der Waals surface area contributed by atoms with Crippen molar-refractivity contribution in [3.8, 4) is 46.0 Å². The average molecular weight is 577 g/mol. The second-order valence-corrected chi connectivity index (χ2v) is 13.0. The van der Waals surface area contributed by atoms with Crippen LogP contribution in [-0.4, -0.2) is 65.0 Å². The van der Waals surface area contributed by atoms with E-state index in [1.807, 2.05) is 72.8 Å². The van der Waals surface area contributed by atoms with Gasteiger partial charge in [0, 0.05) is 24.3 Å². The van der Waals surface area contributed by atoms with E-state index in [4.69, 9.17) is 37.9 Å². The highest BCUT2D eigenvalue weighted by Gasteiger charge is 2.44. The molecule has 0 radical (unpaired) electrons. The molecule has 0 aliphatic heterocycles. The van der Waals surface area contributed by atoms with Gasteiger partial charge >= 0.3 is 0 Å². The minimum absolute atomic E-state index is 0.649. The summed E-state index contributed by atoms with van der Waals surface area (Å²) in [4.78, 5) is 0. The van der Waals surface area contributed by atoms with Crippen molar-refractivity contribution in [2.45, 2.75) is 0 Å². The molecular weight excluding hydrogens is 540 g/mol. The lowest BCUT2D eigenvalue weighted by atomic mass is 10.3. The van der Waals surface area contributed by atoms with Gasteiger partial charge in [-0.1, -0.05) is 0 Å². The van der Waals surface area contributed by atoms with Crippen LogP contribution in [0.2, 0.25) is 0 Å². The molecule has 9 heteroatoms. The van der Waals surface area contributed by atoms with Gasteiger partial charge in [-0.05, 0) is 69.3 Å². The Kier molecular flexibility index (Phi) is 9.19. The average Bonchev–Trinajstić information content (AvgIpc) is 3.04. The first kappa shape index (κ1) is 29.5. The van der Waals surface area contributed by atoms with Gasteiger partial charge in [0.1, 0.15) is 46.0 Å². The quantitative estimate of drug-likeness (QED) is 0.188. The van der Waals surface area contributed by atoms with Crippen molar-refractivity contribution in [3.05, 3.63) is 72.8 Å². The summed E-state index contributed by atoms with van der Waals surface area (Å²) in [5.41, 5.74) is 0. The Bertz CT molecular complexity index is 1190. The molecule has 0 heterocycles. The van der Waals surface area contributed by atoms with Gasteiger partial charge < -0.3 is 37.9 Å². The van der Waals surface area contributed by atoms with Crippen LogP contribution in [0.3, 0.4) is 0 Å². The highest BCUT2D eigenvalue weighted by Crippen LogP contribution is 2.28. The molecule has 0 aromatic heterocycles. The summed E-state index contributed by atoms with van der Waals surface area (Å²) in [5, 5.41) is 3.87. The van der Waals surface area contributed by atoms with Crippen molar-refractivity contribution in [1.82, 2.24) is 0 Å². The van der Waals surface area contributed by atoms with E-state index in [9.17, 15) is 0 Å². The van der Waals surface area contributed by atoms with E-state index >= 15 is 0 Å². The lowest BCUT2D eigenvalue weighted by molar-refractivity contribution is 0.395. The fraction of sp³-hybridized carbons (Fsp3) is 0.250. The molecule has 0 unspecified atom stereocenters. The normalized spacial score (nSPS) is 10.9. The summed E-state index contributed by atoms with van der Waals surface area (Å²) in [7, 11) is 9.79. The zero-order valence-electron chi connectivity index (χ0n) is 24.7. The molecule has 0 fully saturated rings. The van der Waals surface area contributed by atoms with Crippen LogP contribution in [0.1, 0.15) is 0 Å². The number of benzene rings is 4. The molecule has 8 nitrogen and oxygen atoms in total. The topological polar surface area (TPSA) is 73.8 Å². The van der Waals surface area contributed by atoms with Crippen LogP contribution >= 0.6 is 0 Å². The molecule has 0 atom stereocenters. The molecular formula is C32H36O8Si. The molecule has 4 aromatic carbocycles. The second-order valence-electron chi connectivity index (χ2n) is 9.16. The monoisotopic (exact) mass is 576 g/mol. The smallest absolute Gasteiger partial charge is 0.180 e. The molecule has 216 valence electrons. The summed E-state index contributed by atoms with van der Waals surface area (Å²) in [6.45, 7) is 0. The van der Waals surface area contributed by atoms with E-state index < -0.39 is 8.07 Å². The van der Waals surface area contributed by atoms with E-state index in [0.717, 1.165) is 20.7 Å². The van der Waals surface area contributed by atoms with Crippen LogP contribution in [0.5, 0.6) is 46.0 Å². The Labute approximate surface area is 242 Å². The van der Waals surface area contributed by atoms with Crippen LogP contribution in [0.4, 0.5) is 0 Å². The fourth-order valence-electron chi connectivity index (χ4n) is 5.10. The summed E-state index contributed by atoms with van der Waals surface area (Å²) < 4.78 is 46.1. The molecule has 0 spiro atoms. The van der Waals surface area contributed by atoms with Gasteiger partial charge in [0.2, 0.25) is 0 Å². The third-order valence-corrected chi connectivity index (χ3v) is 11.8. The van der Waals surface area contributed by atoms with E-state index in [2.05, 4.69) is 0 Å². The van der Waals surface area contributed by atoms with Crippen LogP contribution in [0.25, 0.3) is 0 Å². The summed E-state index contributed by atoms with van der Waals surface area (Å²) in [5.74, 6) is 5.19. The third kappa shape index (κ3) is 5.71. The van der Waals surface area contributed by atoms with Crippen LogP contribution in [0, 0.1) is 0 Å². The molecule has 0 aliphatic rings. The molecule has 0 aliphatic carbocycles. The van der Waals surface area contributed by atoms with E-state index in [0.29, 0.717) is 46.0 Å². The molecule has 41 heavy (non-hydrogen) atoms. The Morgan fingerprint density at radius 2 is 0.415 bits per heavy atom. The molecule has 0 saturated carbocycles. The Hall–Kier alpha value is -4.50. The number of rotatable bonds is 12. The van der Waals surface area contributed by atoms with Crippen molar-refractivity contribution in [1.29, 1.82) is 0 Å². The predicted octanol–water partition coefficient (Wildman–Crippen LogP) is 3.13. The van der Waals surface area contributed by atoms with Gasteiger partial charge in [-0.25, -0.2) is 0 Å². The Morgan fingerprint density at radius 3 is 0.537 bits per heavy atom. The summed E-state index contributed by atoms with van der Waals surface area (Å²) in [6, 6.07) is 23.7. The lowest BCUT2D eigenvalue weighted by Crippen LogP contribution is -2.74. The van der Waals surface area contributed by atoms with Gasteiger partial charge in [0.05, 0.1) is 56.9 Å². The minimum Gasteiger partial charge on any atom is -0.497 e. The number of ether oxygens (including phenoxy) is 8. The van der Waals surface area contributed by atoms with Crippen LogP contribution in [-0.2, 0) is 0 Å². The van der Waals surface area contributed by atoms with E-state index in [-0.39, 0.29) is 0 Å². The van der Waals surface area contributed by atoms with Crippen molar-refractivity contribution < 1.29 is 37.9 Å². The molecule has 4 aromatic rings. The van der Waals surface area contributed by atoms with Crippen molar-refractivity contribution in [2.24, 2.45) is 0 Å². The fourth-order valence-corrected chi connectivity index (χ4v) is 9.97. The van der Waals surface area contributed by atoms with Gasteiger partial charge in [0.15, 0.2) is 8.07 Å². The van der Waals surface area contributed by atoms with Crippen LogP contribution in [0.15, 0.2) is 72.8 Å². The van der Waals surface area contributed by atoms with Gasteiger partial charge in [-0.3, -0.25) is 0 Å². The Morgan fingerprint density at radius 1 is 0.268 bits per heavy atom. The molecule has 0 amide bonds. The van der Waals surface area contributed by atoms with Gasteiger partial charge in [-0.15, -0.1) is 0 Å². The molecule has 0 N–H and O–H groups in total. The Balaban J connectivity index is 2.32. The largest absolute Gasteiger partial charge is 0.497 e.